The molecular weight excluding hydrogens is 244 g/mol. The normalized spacial score (nSPS) is 17.6. The van der Waals surface area contributed by atoms with Crippen molar-refractivity contribution in [2.45, 2.75) is 11.8 Å². The van der Waals surface area contributed by atoms with E-state index in [1.807, 2.05) is 0 Å². The SMILES string of the molecule is CCOc1c(C(=O)O)ccc2c1C=CS2(O)O. The molecule has 0 spiro atoms. The van der Waals surface area contributed by atoms with Gasteiger partial charge in [0, 0.05) is 11.0 Å². The van der Waals surface area contributed by atoms with Gasteiger partial charge in [0.1, 0.15) is 11.3 Å². The number of carboxylic acids is 1. The second-order valence-corrected chi connectivity index (χ2v) is 5.39. The fraction of sp³-hybridized carbons (Fsp3) is 0.182. The van der Waals surface area contributed by atoms with Gasteiger partial charge in [-0.05, 0) is 25.1 Å². The molecule has 0 saturated carbocycles. The highest BCUT2D eigenvalue weighted by Gasteiger charge is 2.27. The van der Waals surface area contributed by atoms with Crippen molar-refractivity contribution in [3.8, 4) is 5.75 Å². The number of ether oxygens (including phenoxy) is 1. The Balaban J connectivity index is 2.64. The second-order valence-electron chi connectivity index (χ2n) is 3.49. The number of fused-ring (bicyclic) bond motifs is 1. The number of benzene rings is 1. The summed E-state index contributed by atoms with van der Waals surface area (Å²) in [4.78, 5) is 11.3. The van der Waals surface area contributed by atoms with Crippen LogP contribution in [0.3, 0.4) is 0 Å². The molecule has 5 nitrogen and oxygen atoms in total. The summed E-state index contributed by atoms with van der Waals surface area (Å²) in [6.45, 7) is 2.05. The van der Waals surface area contributed by atoms with Crippen LogP contribution in [0.1, 0.15) is 22.8 Å². The van der Waals surface area contributed by atoms with Gasteiger partial charge < -0.3 is 9.84 Å². The molecule has 0 amide bonds. The van der Waals surface area contributed by atoms with Gasteiger partial charge in [-0.2, -0.15) is 0 Å². The van der Waals surface area contributed by atoms with Crippen molar-refractivity contribution in [1.82, 2.24) is 0 Å². The van der Waals surface area contributed by atoms with Crippen molar-refractivity contribution in [2.75, 3.05) is 6.61 Å². The summed E-state index contributed by atoms with van der Waals surface area (Å²) in [7, 11) is -2.94. The number of rotatable bonds is 3. The smallest absolute Gasteiger partial charge is 0.339 e. The van der Waals surface area contributed by atoms with Gasteiger partial charge in [0.25, 0.3) is 0 Å². The zero-order valence-electron chi connectivity index (χ0n) is 9.08. The molecule has 92 valence electrons. The molecule has 1 heterocycles. The Hall–Kier alpha value is -1.50. The number of hydrogen-bond acceptors (Lipinski definition) is 4. The van der Waals surface area contributed by atoms with Crippen molar-refractivity contribution in [3.05, 3.63) is 28.7 Å². The molecule has 0 aromatic heterocycles. The Kier molecular flexibility index (Phi) is 2.86. The zero-order chi connectivity index (χ0) is 12.6. The largest absolute Gasteiger partial charge is 0.492 e. The maximum atomic E-state index is 11.0. The molecule has 1 aromatic carbocycles. The lowest BCUT2D eigenvalue weighted by atomic mass is 10.1. The Bertz CT molecular complexity index is 507. The predicted octanol–water partition coefficient (Wildman–Crippen LogP) is 2.88. The van der Waals surface area contributed by atoms with E-state index in [2.05, 4.69) is 0 Å². The molecule has 0 bridgehead atoms. The van der Waals surface area contributed by atoms with Crippen LogP contribution < -0.4 is 4.74 Å². The summed E-state index contributed by atoms with van der Waals surface area (Å²) in [6, 6.07) is 2.74. The fourth-order valence-electron chi connectivity index (χ4n) is 1.71. The van der Waals surface area contributed by atoms with Crippen molar-refractivity contribution in [3.63, 3.8) is 0 Å². The molecule has 0 aliphatic carbocycles. The van der Waals surface area contributed by atoms with Gasteiger partial charge >= 0.3 is 5.97 Å². The zero-order valence-corrected chi connectivity index (χ0v) is 9.90. The number of aromatic carboxylic acids is 1. The van der Waals surface area contributed by atoms with Crippen molar-refractivity contribution in [2.24, 2.45) is 0 Å². The van der Waals surface area contributed by atoms with Crippen LogP contribution in [0, 0.1) is 0 Å². The van der Waals surface area contributed by atoms with Gasteiger partial charge in [-0.1, -0.05) is 0 Å². The van der Waals surface area contributed by atoms with Crippen LogP contribution in [0.25, 0.3) is 6.08 Å². The molecule has 2 rings (SSSR count). The quantitative estimate of drug-likeness (QED) is 0.774. The summed E-state index contributed by atoms with van der Waals surface area (Å²) in [5, 5.41) is 10.3. The lowest BCUT2D eigenvalue weighted by Crippen LogP contribution is -2.05. The summed E-state index contributed by atoms with van der Waals surface area (Å²) in [5.41, 5.74) is 0.458. The number of carboxylic acid groups (broad SMARTS) is 1. The highest BCUT2D eigenvalue weighted by Crippen LogP contribution is 2.58. The molecule has 1 aliphatic heterocycles. The van der Waals surface area contributed by atoms with Crippen LogP contribution >= 0.6 is 10.6 Å². The van der Waals surface area contributed by atoms with Crippen LogP contribution in [0.4, 0.5) is 0 Å². The van der Waals surface area contributed by atoms with Crippen molar-refractivity contribution >= 4 is 22.6 Å². The van der Waals surface area contributed by atoms with E-state index in [0.29, 0.717) is 17.1 Å². The van der Waals surface area contributed by atoms with E-state index in [4.69, 9.17) is 9.84 Å². The molecule has 6 heteroatoms. The van der Waals surface area contributed by atoms with Gasteiger partial charge in [0.2, 0.25) is 0 Å². The third-order valence-electron chi connectivity index (χ3n) is 2.42. The average Bonchev–Trinajstić information content (AvgIpc) is 2.56. The Morgan fingerprint density at radius 3 is 2.71 bits per heavy atom. The number of hydrogen-bond donors (Lipinski definition) is 3. The summed E-state index contributed by atoms with van der Waals surface area (Å²) in [6.07, 6.45) is 1.49. The maximum Gasteiger partial charge on any atom is 0.339 e. The van der Waals surface area contributed by atoms with Crippen molar-refractivity contribution < 1.29 is 23.7 Å². The van der Waals surface area contributed by atoms with E-state index >= 15 is 0 Å². The van der Waals surface area contributed by atoms with Crippen LogP contribution in [-0.4, -0.2) is 26.8 Å². The lowest BCUT2D eigenvalue weighted by molar-refractivity contribution is 0.0692. The molecule has 1 aromatic rings. The highest BCUT2D eigenvalue weighted by molar-refractivity contribution is 8.27. The van der Waals surface area contributed by atoms with Gasteiger partial charge in [-0.25, -0.2) is 4.79 Å². The molecule has 0 fully saturated rings. The monoisotopic (exact) mass is 256 g/mol. The Morgan fingerprint density at radius 2 is 2.12 bits per heavy atom. The minimum atomic E-state index is -2.94. The highest BCUT2D eigenvalue weighted by atomic mass is 32.3. The predicted molar refractivity (Wildman–Crippen MR) is 64.7 cm³/mol. The first-order valence-electron chi connectivity index (χ1n) is 4.97. The Morgan fingerprint density at radius 1 is 1.41 bits per heavy atom. The topological polar surface area (TPSA) is 87.0 Å². The molecule has 1 aliphatic rings. The first kappa shape index (κ1) is 12.0. The third kappa shape index (κ3) is 1.90. The minimum Gasteiger partial charge on any atom is -0.492 e. The number of carbonyl (C=O) groups is 1. The molecule has 0 atom stereocenters. The summed E-state index contributed by atoms with van der Waals surface area (Å²) >= 11 is 0. The van der Waals surface area contributed by atoms with Crippen LogP contribution in [0.5, 0.6) is 5.75 Å². The standard InChI is InChI=1S/C11H12O5S/c1-2-16-10-7-5-6-17(14,15)9(7)4-3-8(10)11(12)13/h3-6,14-15H,2H2,1H3,(H,12,13). The lowest BCUT2D eigenvalue weighted by Gasteiger charge is -2.26. The van der Waals surface area contributed by atoms with Gasteiger partial charge in [-0.15, -0.1) is 10.6 Å². The molecule has 17 heavy (non-hydrogen) atoms. The first-order chi connectivity index (χ1) is 7.97. The summed E-state index contributed by atoms with van der Waals surface area (Å²) in [5.74, 6) is -0.917. The van der Waals surface area contributed by atoms with Crippen LogP contribution in [-0.2, 0) is 0 Å². The third-order valence-corrected chi connectivity index (χ3v) is 3.94. The fourth-order valence-corrected chi connectivity index (χ4v) is 2.93. The van der Waals surface area contributed by atoms with E-state index < -0.39 is 16.6 Å². The minimum absolute atomic E-state index is 0.0207. The van der Waals surface area contributed by atoms with Crippen molar-refractivity contribution in [1.29, 1.82) is 0 Å². The second kappa shape index (κ2) is 4.06. The average molecular weight is 256 g/mol. The van der Waals surface area contributed by atoms with Gasteiger partial charge in [0.05, 0.1) is 11.5 Å². The van der Waals surface area contributed by atoms with E-state index in [1.165, 1.54) is 23.6 Å². The molecular formula is C11H12O5S. The van der Waals surface area contributed by atoms with E-state index in [1.54, 1.807) is 6.92 Å². The molecule has 0 saturated heterocycles. The summed E-state index contributed by atoms with van der Waals surface area (Å²) < 4.78 is 24.7. The maximum absolute atomic E-state index is 11.0. The van der Waals surface area contributed by atoms with E-state index in [9.17, 15) is 13.9 Å². The molecule has 3 N–H and O–H groups in total. The van der Waals surface area contributed by atoms with Crippen LogP contribution in [0.15, 0.2) is 22.4 Å². The van der Waals surface area contributed by atoms with E-state index in [-0.39, 0.29) is 11.3 Å². The van der Waals surface area contributed by atoms with Gasteiger partial charge in [0.15, 0.2) is 0 Å². The van der Waals surface area contributed by atoms with E-state index in [0.717, 1.165) is 0 Å². The van der Waals surface area contributed by atoms with Crippen LogP contribution in [0.2, 0.25) is 0 Å². The Labute approximate surface area is 99.7 Å². The molecule has 0 radical (unpaired) electrons. The first-order valence-corrected chi connectivity index (χ1v) is 6.58. The molecule has 0 unspecified atom stereocenters. The van der Waals surface area contributed by atoms with Gasteiger partial charge in [-0.3, -0.25) is 9.11 Å².